The molecule has 0 aromatic heterocycles. The predicted molar refractivity (Wildman–Crippen MR) is 67.1 cm³/mol. The van der Waals surface area contributed by atoms with Crippen LogP contribution in [0.2, 0.25) is 0 Å². The zero-order valence-corrected chi connectivity index (χ0v) is 13.1. The quantitative estimate of drug-likeness (QED) is 0.596. The van der Waals surface area contributed by atoms with Crippen LogP contribution in [0.3, 0.4) is 0 Å². The summed E-state index contributed by atoms with van der Waals surface area (Å²) in [6.45, 7) is 0. The largest absolute Gasteiger partial charge is 0.392 e. The molecule has 156 valence electrons. The monoisotopic (exact) mass is 418 g/mol. The Balaban J connectivity index is 2.33. The molecule has 2 aliphatic carbocycles. The van der Waals surface area contributed by atoms with Crippen LogP contribution in [0.15, 0.2) is 0 Å². The number of nitrogens with one attached hydrogen (secondary N) is 2. The first kappa shape index (κ1) is 21.5. The molecule has 0 aromatic rings. The van der Waals surface area contributed by atoms with Crippen LogP contribution in [0, 0.1) is 0 Å². The normalized spacial score (nSPS) is 19.6. The van der Waals surface area contributed by atoms with Gasteiger partial charge in [0.2, 0.25) is 0 Å². The van der Waals surface area contributed by atoms with Crippen molar-refractivity contribution in [3.8, 4) is 0 Å². The second kappa shape index (κ2) is 6.12. The van der Waals surface area contributed by atoms with Gasteiger partial charge in [-0.05, 0) is 25.7 Å². The van der Waals surface area contributed by atoms with E-state index in [1.165, 1.54) is 10.6 Å². The minimum atomic E-state index is -7.45. The predicted octanol–water partition coefficient (Wildman–Crippen LogP) is 2.72. The molecule has 0 heterocycles. The Labute approximate surface area is 144 Å². The molecular formula is C13H12F10N2O2. The number of hydrogen-bond donors (Lipinski definition) is 2. The van der Waals surface area contributed by atoms with Gasteiger partial charge in [0.1, 0.15) is 0 Å². The molecule has 0 aromatic carbocycles. The molecule has 2 N–H and O–H groups in total. The number of amides is 2. The average Bonchev–Trinajstić information content (AvgIpc) is 3.42. The number of carbonyl (C=O) groups excluding carboxylic acids is 2. The second-order valence-corrected chi connectivity index (χ2v) is 6.37. The molecule has 2 aliphatic rings. The zero-order valence-electron chi connectivity index (χ0n) is 13.1. The molecule has 2 amide bonds. The number of hydrogen-bond acceptors (Lipinski definition) is 2. The highest BCUT2D eigenvalue weighted by atomic mass is 19.4. The Morgan fingerprint density at radius 2 is 0.815 bits per heavy atom. The van der Waals surface area contributed by atoms with Crippen molar-refractivity contribution >= 4 is 11.8 Å². The lowest BCUT2D eigenvalue weighted by Crippen LogP contribution is -2.71. The molecular weight excluding hydrogens is 406 g/mol. The number of rotatable bonds is 8. The van der Waals surface area contributed by atoms with Gasteiger partial charge in [-0.25, -0.2) is 0 Å². The topological polar surface area (TPSA) is 58.2 Å². The van der Waals surface area contributed by atoms with Crippen LogP contribution in [0.5, 0.6) is 0 Å². The van der Waals surface area contributed by atoms with Crippen molar-refractivity contribution < 1.29 is 53.5 Å². The van der Waals surface area contributed by atoms with E-state index >= 15 is 0 Å². The van der Waals surface area contributed by atoms with Gasteiger partial charge >= 0.3 is 29.6 Å². The van der Waals surface area contributed by atoms with Gasteiger partial charge in [0.15, 0.2) is 0 Å². The van der Waals surface area contributed by atoms with Crippen LogP contribution in [-0.2, 0) is 9.59 Å². The first-order chi connectivity index (χ1) is 12.0. The molecule has 4 nitrogen and oxygen atoms in total. The van der Waals surface area contributed by atoms with Gasteiger partial charge in [-0.1, -0.05) is 0 Å². The summed E-state index contributed by atoms with van der Waals surface area (Å²) in [5, 5.41) is 2.41. The highest BCUT2D eigenvalue weighted by Crippen LogP contribution is 2.57. The van der Waals surface area contributed by atoms with Crippen LogP contribution < -0.4 is 10.6 Å². The van der Waals surface area contributed by atoms with Crippen LogP contribution in [0.1, 0.15) is 25.7 Å². The van der Waals surface area contributed by atoms with Crippen LogP contribution >= 0.6 is 0 Å². The summed E-state index contributed by atoms with van der Waals surface area (Å²) < 4.78 is 135. The van der Waals surface area contributed by atoms with Crippen molar-refractivity contribution in [1.29, 1.82) is 0 Å². The van der Waals surface area contributed by atoms with E-state index in [1.807, 2.05) is 0 Å². The van der Waals surface area contributed by atoms with E-state index in [0.717, 1.165) is 0 Å². The number of carbonyl (C=O) groups is 2. The lowest BCUT2D eigenvalue weighted by atomic mass is 9.93. The van der Waals surface area contributed by atoms with Crippen LogP contribution in [0.4, 0.5) is 43.9 Å². The van der Waals surface area contributed by atoms with E-state index in [1.54, 1.807) is 0 Å². The van der Waals surface area contributed by atoms with Crippen LogP contribution in [0.25, 0.3) is 0 Å². The fourth-order valence-corrected chi connectivity index (χ4v) is 1.88. The third-order valence-corrected chi connectivity index (χ3v) is 3.97. The fourth-order valence-electron chi connectivity index (χ4n) is 1.88. The molecule has 0 bridgehead atoms. The van der Waals surface area contributed by atoms with E-state index in [9.17, 15) is 53.5 Å². The maximum Gasteiger partial charge on any atom is 0.392 e. The van der Waals surface area contributed by atoms with Gasteiger partial charge in [-0.2, -0.15) is 43.9 Å². The van der Waals surface area contributed by atoms with E-state index < -0.39 is 53.5 Å². The number of alkyl halides is 10. The molecule has 27 heavy (non-hydrogen) atoms. The van der Waals surface area contributed by atoms with Gasteiger partial charge in [0, 0.05) is 12.1 Å². The Bertz CT molecular complexity index is 577. The van der Waals surface area contributed by atoms with E-state index in [-0.39, 0.29) is 25.7 Å². The van der Waals surface area contributed by atoms with Crippen molar-refractivity contribution in [3.05, 3.63) is 0 Å². The standard InChI is InChI=1S/C13H12F10N2O2/c14-9(15,7(26)24-5-1-2-5)11(18,19)13(22,23)12(20,21)10(16,17)8(27)25-6-3-4-6/h5-6H,1-4H2,(H,24,26)(H,25,27). The molecule has 0 unspecified atom stereocenters. The van der Waals surface area contributed by atoms with Crippen molar-refractivity contribution in [3.63, 3.8) is 0 Å². The summed E-state index contributed by atoms with van der Waals surface area (Å²) in [7, 11) is 0. The summed E-state index contributed by atoms with van der Waals surface area (Å²) in [6, 6.07) is -2.09. The molecule has 2 fully saturated rings. The second-order valence-electron chi connectivity index (χ2n) is 6.37. The van der Waals surface area contributed by atoms with Gasteiger partial charge in [0.25, 0.3) is 11.8 Å². The molecule has 0 aliphatic heterocycles. The third-order valence-electron chi connectivity index (χ3n) is 3.97. The lowest BCUT2D eigenvalue weighted by molar-refractivity contribution is -0.387. The molecule has 0 atom stereocenters. The highest BCUT2D eigenvalue weighted by molar-refractivity contribution is 5.86. The van der Waals surface area contributed by atoms with Crippen LogP contribution in [-0.4, -0.2) is 53.5 Å². The van der Waals surface area contributed by atoms with Gasteiger partial charge in [0.05, 0.1) is 0 Å². The van der Waals surface area contributed by atoms with Crippen molar-refractivity contribution in [2.24, 2.45) is 0 Å². The fraction of sp³-hybridized carbons (Fsp3) is 0.846. The molecule has 2 rings (SSSR count). The first-order valence-corrected chi connectivity index (χ1v) is 7.51. The Kier molecular flexibility index (Phi) is 4.88. The Morgan fingerprint density at radius 1 is 0.556 bits per heavy atom. The van der Waals surface area contributed by atoms with Gasteiger partial charge in [-0.15, -0.1) is 0 Å². The Morgan fingerprint density at radius 3 is 1.04 bits per heavy atom. The lowest BCUT2D eigenvalue weighted by Gasteiger charge is -2.38. The van der Waals surface area contributed by atoms with Gasteiger partial charge in [-0.3, -0.25) is 9.59 Å². The maximum atomic E-state index is 13.6. The van der Waals surface area contributed by atoms with E-state index in [0.29, 0.717) is 0 Å². The minimum Gasteiger partial charge on any atom is -0.348 e. The molecule has 0 radical (unpaired) electrons. The molecule has 14 heteroatoms. The van der Waals surface area contributed by atoms with E-state index in [2.05, 4.69) is 0 Å². The zero-order chi connectivity index (χ0) is 21.1. The van der Waals surface area contributed by atoms with E-state index in [4.69, 9.17) is 0 Å². The highest BCUT2D eigenvalue weighted by Gasteiger charge is 2.89. The summed E-state index contributed by atoms with van der Waals surface area (Å²) >= 11 is 0. The molecule has 0 spiro atoms. The maximum absolute atomic E-state index is 13.6. The Hall–Kier alpha value is -1.76. The van der Waals surface area contributed by atoms with Crippen molar-refractivity contribution in [2.45, 2.75) is 67.4 Å². The average molecular weight is 418 g/mol. The molecule has 0 saturated heterocycles. The molecule has 2 saturated carbocycles. The SMILES string of the molecule is O=C(NC1CC1)C(F)(F)C(F)(F)C(F)(F)C(F)(F)C(F)(F)C(=O)NC1CC1. The smallest absolute Gasteiger partial charge is 0.348 e. The minimum absolute atomic E-state index is 0.0549. The van der Waals surface area contributed by atoms with Crippen molar-refractivity contribution in [1.82, 2.24) is 10.6 Å². The summed E-state index contributed by atoms with van der Waals surface area (Å²) in [4.78, 5) is 22.2. The third kappa shape index (κ3) is 3.30. The summed E-state index contributed by atoms with van der Waals surface area (Å²) in [5.74, 6) is -40.9. The summed E-state index contributed by atoms with van der Waals surface area (Å²) in [5.41, 5.74) is 0. The first-order valence-electron chi connectivity index (χ1n) is 7.51. The van der Waals surface area contributed by atoms with Gasteiger partial charge < -0.3 is 10.6 Å². The summed E-state index contributed by atoms with van der Waals surface area (Å²) in [6.07, 6.45) is 0.220. The number of halogens is 10. The van der Waals surface area contributed by atoms with Crippen molar-refractivity contribution in [2.75, 3.05) is 0 Å².